The number of carbonyl (C=O) groups is 1. The van der Waals surface area contributed by atoms with Crippen molar-refractivity contribution in [3.63, 3.8) is 0 Å². The minimum absolute atomic E-state index is 0.344. The van der Waals surface area contributed by atoms with E-state index in [9.17, 15) is 4.79 Å². The predicted octanol–water partition coefficient (Wildman–Crippen LogP) is 2.21. The summed E-state index contributed by atoms with van der Waals surface area (Å²) in [4.78, 5) is 13.4. The van der Waals surface area contributed by atoms with Crippen LogP contribution in [0.2, 0.25) is 0 Å². The maximum atomic E-state index is 11.2. The molecule has 0 saturated heterocycles. The van der Waals surface area contributed by atoms with Gasteiger partial charge in [0.2, 0.25) is 0 Å². The SMILES string of the molecule is C=C(C)C(=O)OCCN(CC)c1ccc(N)cc1. The summed E-state index contributed by atoms with van der Waals surface area (Å²) in [5, 5.41) is 0. The van der Waals surface area contributed by atoms with Crippen LogP contribution >= 0.6 is 0 Å². The molecule has 0 aliphatic heterocycles. The van der Waals surface area contributed by atoms with Gasteiger partial charge in [-0.2, -0.15) is 0 Å². The van der Waals surface area contributed by atoms with Crippen molar-refractivity contribution in [1.29, 1.82) is 0 Å². The van der Waals surface area contributed by atoms with Crippen molar-refractivity contribution in [2.24, 2.45) is 0 Å². The van der Waals surface area contributed by atoms with Gasteiger partial charge in [0.15, 0.2) is 0 Å². The minimum atomic E-state index is -0.344. The molecule has 98 valence electrons. The molecule has 0 saturated carbocycles. The molecule has 0 amide bonds. The molecule has 1 rings (SSSR count). The quantitative estimate of drug-likeness (QED) is 0.476. The van der Waals surface area contributed by atoms with E-state index in [-0.39, 0.29) is 5.97 Å². The highest BCUT2D eigenvalue weighted by molar-refractivity contribution is 5.86. The molecule has 0 aliphatic rings. The van der Waals surface area contributed by atoms with E-state index in [1.54, 1.807) is 6.92 Å². The molecule has 18 heavy (non-hydrogen) atoms. The second-order valence-corrected chi connectivity index (χ2v) is 4.09. The third kappa shape index (κ3) is 4.13. The maximum Gasteiger partial charge on any atom is 0.333 e. The monoisotopic (exact) mass is 248 g/mol. The van der Waals surface area contributed by atoms with E-state index in [4.69, 9.17) is 10.5 Å². The molecule has 1 aromatic rings. The van der Waals surface area contributed by atoms with E-state index in [2.05, 4.69) is 18.4 Å². The third-order valence-electron chi connectivity index (χ3n) is 2.58. The largest absolute Gasteiger partial charge is 0.460 e. The average molecular weight is 248 g/mol. The number of rotatable bonds is 6. The summed E-state index contributed by atoms with van der Waals surface area (Å²) in [6.45, 7) is 9.08. The molecule has 0 fully saturated rings. The van der Waals surface area contributed by atoms with Crippen molar-refractivity contribution in [2.45, 2.75) is 13.8 Å². The molecule has 1 aromatic carbocycles. The van der Waals surface area contributed by atoms with Crippen LogP contribution < -0.4 is 10.6 Å². The summed E-state index contributed by atoms with van der Waals surface area (Å²) in [6.07, 6.45) is 0. The van der Waals surface area contributed by atoms with Crippen molar-refractivity contribution < 1.29 is 9.53 Å². The Morgan fingerprint density at radius 1 is 1.39 bits per heavy atom. The number of ether oxygens (including phenoxy) is 1. The van der Waals surface area contributed by atoms with Gasteiger partial charge in [0.25, 0.3) is 0 Å². The first-order chi connectivity index (χ1) is 8.54. The predicted molar refractivity (Wildman–Crippen MR) is 74.5 cm³/mol. The Balaban J connectivity index is 2.50. The van der Waals surface area contributed by atoms with E-state index >= 15 is 0 Å². The van der Waals surface area contributed by atoms with Crippen LogP contribution in [0.1, 0.15) is 13.8 Å². The molecule has 0 aliphatic carbocycles. The van der Waals surface area contributed by atoms with E-state index in [1.807, 2.05) is 24.3 Å². The van der Waals surface area contributed by atoms with E-state index in [1.165, 1.54) is 0 Å². The van der Waals surface area contributed by atoms with Crippen molar-refractivity contribution >= 4 is 17.3 Å². The molecule has 0 bridgehead atoms. The van der Waals surface area contributed by atoms with Crippen molar-refractivity contribution in [3.05, 3.63) is 36.4 Å². The molecule has 0 aromatic heterocycles. The van der Waals surface area contributed by atoms with Crippen molar-refractivity contribution in [1.82, 2.24) is 0 Å². The minimum Gasteiger partial charge on any atom is -0.460 e. The van der Waals surface area contributed by atoms with Gasteiger partial charge in [0.1, 0.15) is 6.61 Å². The second kappa shape index (κ2) is 6.69. The number of hydrogen-bond acceptors (Lipinski definition) is 4. The average Bonchev–Trinajstić information content (AvgIpc) is 2.35. The second-order valence-electron chi connectivity index (χ2n) is 4.09. The number of likely N-dealkylation sites (N-methyl/N-ethyl adjacent to an activating group) is 1. The van der Waals surface area contributed by atoms with Crippen LogP contribution in [0.3, 0.4) is 0 Å². The van der Waals surface area contributed by atoms with Gasteiger partial charge in [0, 0.05) is 23.5 Å². The summed E-state index contributed by atoms with van der Waals surface area (Å²) in [5.74, 6) is -0.344. The first-order valence-corrected chi connectivity index (χ1v) is 5.97. The lowest BCUT2D eigenvalue weighted by Gasteiger charge is -2.23. The van der Waals surface area contributed by atoms with Gasteiger partial charge < -0.3 is 15.4 Å². The maximum absolute atomic E-state index is 11.2. The normalized spacial score (nSPS) is 9.89. The number of nitrogens with zero attached hydrogens (tertiary/aromatic N) is 1. The van der Waals surface area contributed by atoms with Crippen LogP contribution in [0.4, 0.5) is 11.4 Å². The number of nitrogen functional groups attached to an aromatic ring is 1. The summed E-state index contributed by atoms with van der Waals surface area (Å²) in [7, 11) is 0. The highest BCUT2D eigenvalue weighted by atomic mass is 16.5. The molecule has 0 heterocycles. The van der Waals surface area contributed by atoms with Gasteiger partial charge in [-0.25, -0.2) is 4.79 Å². The Bertz CT molecular complexity index is 412. The Labute approximate surface area is 108 Å². The summed E-state index contributed by atoms with van der Waals surface area (Å²) < 4.78 is 5.08. The molecular formula is C14H20N2O2. The van der Waals surface area contributed by atoms with Crippen LogP contribution in [0.5, 0.6) is 0 Å². The molecule has 2 N–H and O–H groups in total. The Morgan fingerprint density at radius 3 is 2.50 bits per heavy atom. The highest BCUT2D eigenvalue weighted by Gasteiger charge is 2.06. The van der Waals surface area contributed by atoms with Gasteiger partial charge >= 0.3 is 5.97 Å². The van der Waals surface area contributed by atoms with Gasteiger partial charge in [-0.3, -0.25) is 0 Å². The molecular weight excluding hydrogens is 228 g/mol. The Morgan fingerprint density at radius 2 is 2.00 bits per heavy atom. The molecule has 0 atom stereocenters. The fraction of sp³-hybridized carbons (Fsp3) is 0.357. The van der Waals surface area contributed by atoms with Gasteiger partial charge in [-0.15, -0.1) is 0 Å². The number of hydrogen-bond donors (Lipinski definition) is 1. The smallest absolute Gasteiger partial charge is 0.333 e. The van der Waals surface area contributed by atoms with Crippen LogP contribution in [-0.2, 0) is 9.53 Å². The zero-order valence-corrected chi connectivity index (χ0v) is 11.0. The highest BCUT2D eigenvalue weighted by Crippen LogP contribution is 2.15. The molecule has 4 nitrogen and oxygen atoms in total. The molecule has 0 radical (unpaired) electrons. The number of nitrogens with two attached hydrogens (primary N) is 1. The Hall–Kier alpha value is -1.97. The fourth-order valence-corrected chi connectivity index (χ4v) is 1.53. The summed E-state index contributed by atoms with van der Waals surface area (Å²) in [5.41, 5.74) is 7.87. The van der Waals surface area contributed by atoms with Crippen LogP contribution in [-0.4, -0.2) is 25.7 Å². The molecule has 0 spiro atoms. The van der Waals surface area contributed by atoms with E-state index in [0.717, 1.165) is 17.9 Å². The van der Waals surface area contributed by atoms with E-state index in [0.29, 0.717) is 18.7 Å². The molecule has 4 heteroatoms. The van der Waals surface area contributed by atoms with E-state index < -0.39 is 0 Å². The van der Waals surface area contributed by atoms with Crippen molar-refractivity contribution in [3.8, 4) is 0 Å². The molecule has 0 unspecified atom stereocenters. The fourth-order valence-electron chi connectivity index (χ4n) is 1.53. The first kappa shape index (κ1) is 14.1. The lowest BCUT2D eigenvalue weighted by atomic mass is 10.2. The summed E-state index contributed by atoms with van der Waals surface area (Å²) in [6, 6.07) is 7.63. The zero-order chi connectivity index (χ0) is 13.5. The number of carbonyl (C=O) groups excluding carboxylic acids is 1. The zero-order valence-electron chi connectivity index (χ0n) is 11.0. The number of esters is 1. The van der Waals surface area contributed by atoms with Crippen molar-refractivity contribution in [2.75, 3.05) is 30.3 Å². The first-order valence-electron chi connectivity index (χ1n) is 5.97. The topological polar surface area (TPSA) is 55.6 Å². The van der Waals surface area contributed by atoms with Gasteiger partial charge in [0.05, 0.1) is 6.54 Å². The van der Waals surface area contributed by atoms with Crippen LogP contribution in [0.25, 0.3) is 0 Å². The standard InChI is InChI=1S/C14H20N2O2/c1-4-16(9-10-18-14(17)11(2)3)13-7-5-12(15)6-8-13/h5-8H,2,4,9-10,15H2,1,3H3. The lowest BCUT2D eigenvalue weighted by Crippen LogP contribution is -2.28. The Kier molecular flexibility index (Phi) is 5.24. The van der Waals surface area contributed by atoms with Crippen LogP contribution in [0, 0.1) is 0 Å². The number of benzene rings is 1. The van der Waals surface area contributed by atoms with Gasteiger partial charge in [-0.1, -0.05) is 6.58 Å². The number of anilines is 2. The summed E-state index contributed by atoms with van der Waals surface area (Å²) >= 11 is 0. The lowest BCUT2D eigenvalue weighted by molar-refractivity contribution is -0.138. The van der Waals surface area contributed by atoms with Crippen LogP contribution in [0.15, 0.2) is 36.4 Å². The van der Waals surface area contributed by atoms with Gasteiger partial charge in [-0.05, 0) is 38.1 Å². The third-order valence-corrected chi connectivity index (χ3v) is 2.58.